The quantitative estimate of drug-likeness (QED) is 0.649. The van der Waals surface area contributed by atoms with Crippen molar-refractivity contribution in [3.63, 3.8) is 0 Å². The van der Waals surface area contributed by atoms with Gasteiger partial charge in [0.15, 0.2) is 0 Å². The van der Waals surface area contributed by atoms with Crippen LogP contribution < -0.4 is 10.4 Å². The van der Waals surface area contributed by atoms with Crippen LogP contribution in [-0.4, -0.2) is 8.07 Å². The molecule has 0 aromatic heterocycles. The van der Waals surface area contributed by atoms with Gasteiger partial charge in [0, 0.05) is 22.2 Å². The van der Waals surface area contributed by atoms with Gasteiger partial charge in [0.25, 0.3) is 0 Å². The number of rotatable bonds is 0. The van der Waals surface area contributed by atoms with Gasteiger partial charge in [-0.3, -0.25) is 0 Å². The lowest BCUT2D eigenvalue weighted by atomic mass is 10.1. The van der Waals surface area contributed by atoms with Crippen LogP contribution in [0, 0.1) is 11.6 Å². The van der Waals surface area contributed by atoms with Crippen LogP contribution >= 0.6 is 11.6 Å². The summed E-state index contributed by atoms with van der Waals surface area (Å²) in [6.45, 7) is 4.18. The van der Waals surface area contributed by atoms with E-state index in [9.17, 15) is 8.78 Å². The topological polar surface area (TPSA) is 0 Å². The lowest BCUT2D eigenvalue weighted by molar-refractivity contribution is 0.587. The number of hydrogen-bond donors (Lipinski definition) is 0. The monoisotopic (exact) mass is 280 g/mol. The maximum atomic E-state index is 14.1. The lowest BCUT2D eigenvalue weighted by Gasteiger charge is -2.18. The Morgan fingerprint density at radius 3 is 2.44 bits per heavy atom. The summed E-state index contributed by atoms with van der Waals surface area (Å²) in [7, 11) is -2.04. The van der Waals surface area contributed by atoms with Gasteiger partial charge in [0.2, 0.25) is 0 Å². The molecular formula is C14H11ClF2Si. The van der Waals surface area contributed by atoms with Gasteiger partial charge in [-0.2, -0.15) is 0 Å². The fourth-order valence-electron chi connectivity index (χ4n) is 2.76. The zero-order valence-electron chi connectivity index (χ0n) is 10.0. The first-order chi connectivity index (χ1) is 8.43. The summed E-state index contributed by atoms with van der Waals surface area (Å²) in [5, 5.41) is 2.41. The number of fused-ring (bicyclic) bond motifs is 3. The molecule has 0 bridgehead atoms. The molecule has 0 amide bonds. The van der Waals surface area contributed by atoms with Crippen molar-refractivity contribution in [1.82, 2.24) is 0 Å². The zero-order chi connectivity index (χ0) is 13.1. The molecule has 0 atom stereocenters. The second kappa shape index (κ2) is 3.65. The molecular weight excluding hydrogens is 270 g/mol. The van der Waals surface area contributed by atoms with Gasteiger partial charge in [-0.05, 0) is 22.5 Å². The molecule has 4 heteroatoms. The Morgan fingerprint density at radius 1 is 1.00 bits per heavy atom. The van der Waals surface area contributed by atoms with E-state index in [0.29, 0.717) is 10.6 Å². The predicted octanol–water partition coefficient (Wildman–Crippen LogP) is 3.42. The summed E-state index contributed by atoms with van der Waals surface area (Å²) < 4.78 is 27.5. The highest BCUT2D eigenvalue weighted by Crippen LogP contribution is 2.35. The Labute approximate surface area is 110 Å². The molecule has 0 nitrogen and oxygen atoms in total. The molecule has 2 aromatic carbocycles. The summed E-state index contributed by atoms with van der Waals surface area (Å²) in [5.74, 6) is -1.03. The molecule has 0 aliphatic carbocycles. The molecule has 1 aliphatic heterocycles. The molecule has 0 N–H and O–H groups in total. The Balaban J connectivity index is 2.48. The van der Waals surface area contributed by atoms with Crippen LogP contribution in [0.5, 0.6) is 0 Å². The molecule has 1 aliphatic rings. The van der Waals surface area contributed by atoms with Crippen LogP contribution in [0.4, 0.5) is 8.78 Å². The molecule has 0 spiro atoms. The Hall–Kier alpha value is -1.19. The predicted molar refractivity (Wildman–Crippen MR) is 73.6 cm³/mol. The van der Waals surface area contributed by atoms with Gasteiger partial charge in [-0.25, -0.2) is 8.78 Å². The minimum atomic E-state index is -2.04. The van der Waals surface area contributed by atoms with Crippen molar-refractivity contribution in [3.05, 3.63) is 47.0 Å². The van der Waals surface area contributed by atoms with E-state index < -0.39 is 19.7 Å². The van der Waals surface area contributed by atoms with Crippen molar-refractivity contribution in [2.24, 2.45) is 0 Å². The van der Waals surface area contributed by atoms with Crippen LogP contribution in [0.25, 0.3) is 11.1 Å². The van der Waals surface area contributed by atoms with Crippen LogP contribution in [0.15, 0.2) is 30.3 Å². The summed E-state index contributed by atoms with van der Waals surface area (Å²) in [4.78, 5) is 0. The summed E-state index contributed by atoms with van der Waals surface area (Å²) in [5.41, 5.74) is 1.25. The van der Waals surface area contributed by atoms with E-state index in [1.165, 1.54) is 6.07 Å². The molecule has 0 saturated heterocycles. The first-order valence-corrected chi connectivity index (χ1v) is 9.09. The van der Waals surface area contributed by atoms with Gasteiger partial charge < -0.3 is 0 Å². The van der Waals surface area contributed by atoms with E-state index in [2.05, 4.69) is 13.1 Å². The third-order valence-electron chi connectivity index (χ3n) is 3.67. The minimum absolute atomic E-state index is 0.494. The van der Waals surface area contributed by atoms with Gasteiger partial charge in [-0.15, -0.1) is 0 Å². The summed E-state index contributed by atoms with van der Waals surface area (Å²) in [6, 6.07) is 7.99. The Bertz CT molecular complexity index is 665. The third kappa shape index (κ3) is 1.41. The van der Waals surface area contributed by atoms with Crippen molar-refractivity contribution in [1.29, 1.82) is 0 Å². The number of benzene rings is 2. The van der Waals surface area contributed by atoms with E-state index in [1.807, 2.05) is 12.1 Å². The van der Waals surface area contributed by atoms with E-state index in [0.717, 1.165) is 22.0 Å². The summed E-state index contributed by atoms with van der Waals surface area (Å²) >= 11 is 6.20. The zero-order valence-corrected chi connectivity index (χ0v) is 11.8. The third-order valence-corrected chi connectivity index (χ3v) is 7.48. The fraction of sp³-hybridized carbons (Fsp3) is 0.143. The van der Waals surface area contributed by atoms with Gasteiger partial charge >= 0.3 is 0 Å². The maximum Gasteiger partial charge on any atom is 0.133 e. The molecule has 0 radical (unpaired) electrons. The van der Waals surface area contributed by atoms with Gasteiger partial charge in [0.1, 0.15) is 19.7 Å². The SMILES string of the molecule is C[Si]1(C)c2cc(F)cc(F)c2-c2c(Cl)cccc21. The van der Waals surface area contributed by atoms with Crippen molar-refractivity contribution in [3.8, 4) is 11.1 Å². The first kappa shape index (κ1) is 11.9. The standard InChI is InChI=1S/C14H11ClF2Si/c1-18(2)11-5-3-4-9(15)13(11)14-10(17)6-8(16)7-12(14)18/h3-7H,1-2H3. The van der Waals surface area contributed by atoms with Crippen molar-refractivity contribution in [2.45, 2.75) is 13.1 Å². The lowest BCUT2D eigenvalue weighted by Crippen LogP contribution is -2.49. The molecule has 92 valence electrons. The first-order valence-electron chi connectivity index (χ1n) is 5.72. The molecule has 0 fully saturated rings. The molecule has 2 aromatic rings. The molecule has 1 heterocycles. The van der Waals surface area contributed by atoms with Crippen molar-refractivity contribution < 1.29 is 8.78 Å². The highest BCUT2D eigenvalue weighted by molar-refractivity contribution is 7.04. The van der Waals surface area contributed by atoms with E-state index in [4.69, 9.17) is 11.6 Å². The fourth-order valence-corrected chi connectivity index (χ4v) is 6.17. The van der Waals surface area contributed by atoms with E-state index in [1.54, 1.807) is 6.07 Å². The maximum absolute atomic E-state index is 14.1. The Morgan fingerprint density at radius 2 is 1.72 bits per heavy atom. The molecule has 18 heavy (non-hydrogen) atoms. The average Bonchev–Trinajstić information content (AvgIpc) is 2.50. The van der Waals surface area contributed by atoms with Crippen molar-refractivity contribution >= 4 is 30.0 Å². The molecule has 0 unspecified atom stereocenters. The highest BCUT2D eigenvalue weighted by Gasteiger charge is 2.40. The average molecular weight is 281 g/mol. The smallest absolute Gasteiger partial charge is 0.133 e. The Kier molecular flexibility index (Phi) is 2.41. The van der Waals surface area contributed by atoms with Gasteiger partial charge in [0.05, 0.1) is 0 Å². The summed E-state index contributed by atoms with van der Waals surface area (Å²) in [6.07, 6.45) is 0. The van der Waals surface area contributed by atoms with Gasteiger partial charge in [-0.1, -0.05) is 36.8 Å². The number of hydrogen-bond acceptors (Lipinski definition) is 0. The second-order valence-corrected chi connectivity index (χ2v) is 9.83. The normalized spacial score (nSPS) is 15.4. The van der Waals surface area contributed by atoms with Crippen LogP contribution in [-0.2, 0) is 0 Å². The van der Waals surface area contributed by atoms with E-state index >= 15 is 0 Å². The highest BCUT2D eigenvalue weighted by atomic mass is 35.5. The van der Waals surface area contributed by atoms with E-state index in [-0.39, 0.29) is 0 Å². The van der Waals surface area contributed by atoms with Crippen LogP contribution in [0.3, 0.4) is 0 Å². The number of halogens is 3. The molecule has 0 saturated carbocycles. The van der Waals surface area contributed by atoms with Crippen molar-refractivity contribution in [2.75, 3.05) is 0 Å². The second-order valence-electron chi connectivity index (χ2n) is 5.10. The molecule has 3 rings (SSSR count). The van der Waals surface area contributed by atoms with Crippen LogP contribution in [0.1, 0.15) is 0 Å². The minimum Gasteiger partial charge on any atom is -0.207 e. The largest absolute Gasteiger partial charge is 0.207 e. The van der Waals surface area contributed by atoms with Crippen LogP contribution in [0.2, 0.25) is 18.1 Å².